The molecule has 36 heavy (non-hydrogen) atoms. The molecule has 2 saturated heterocycles. The highest BCUT2D eigenvalue weighted by atomic mass is 16.5. The number of ether oxygens (including phenoxy) is 1. The van der Waals surface area contributed by atoms with E-state index >= 15 is 0 Å². The number of amides is 1. The first-order chi connectivity index (χ1) is 17.5. The van der Waals surface area contributed by atoms with Crippen LogP contribution in [0.2, 0.25) is 0 Å². The summed E-state index contributed by atoms with van der Waals surface area (Å²) >= 11 is 0. The van der Waals surface area contributed by atoms with Crippen LogP contribution < -0.4 is 0 Å². The molecule has 0 spiro atoms. The average molecular weight is 487 g/mol. The second kappa shape index (κ2) is 10.1. The van der Waals surface area contributed by atoms with Crippen molar-refractivity contribution < 1.29 is 19.4 Å². The van der Waals surface area contributed by atoms with Gasteiger partial charge >= 0.3 is 0 Å². The van der Waals surface area contributed by atoms with Gasteiger partial charge in [-0.05, 0) is 31.5 Å². The fourth-order valence-electron chi connectivity index (χ4n) is 4.90. The minimum Gasteiger partial charge on any atom is -0.507 e. The first-order valence-corrected chi connectivity index (χ1v) is 12.2. The summed E-state index contributed by atoms with van der Waals surface area (Å²) in [6, 6.07) is 16.6. The summed E-state index contributed by atoms with van der Waals surface area (Å²) in [6.45, 7) is 7.72. The molecule has 3 heterocycles. The highest BCUT2D eigenvalue weighted by Gasteiger charge is 2.46. The zero-order valence-electron chi connectivity index (χ0n) is 20.6. The number of Topliss-reactive ketones (excluding diaryl/α,β-unsaturated/α-hetero) is 1. The molecule has 186 valence electrons. The van der Waals surface area contributed by atoms with Crippen molar-refractivity contribution in [3.8, 4) is 5.69 Å². The number of para-hydroxylation sites is 1. The zero-order valence-corrected chi connectivity index (χ0v) is 20.6. The second-order valence-corrected chi connectivity index (χ2v) is 9.25. The Labute approximate surface area is 210 Å². The summed E-state index contributed by atoms with van der Waals surface area (Å²) in [6.07, 6.45) is 1.55. The van der Waals surface area contributed by atoms with Gasteiger partial charge in [0.15, 0.2) is 0 Å². The molecule has 5 rings (SSSR count). The van der Waals surface area contributed by atoms with Gasteiger partial charge in [-0.1, -0.05) is 48.0 Å². The number of carbonyl (C=O) groups is 2. The monoisotopic (exact) mass is 486 g/mol. The molecular weight excluding hydrogens is 456 g/mol. The number of aryl methyl sites for hydroxylation is 1. The van der Waals surface area contributed by atoms with Crippen LogP contribution in [-0.4, -0.2) is 75.8 Å². The van der Waals surface area contributed by atoms with Gasteiger partial charge in [0, 0.05) is 26.2 Å². The Morgan fingerprint density at radius 1 is 1.00 bits per heavy atom. The van der Waals surface area contributed by atoms with Gasteiger partial charge in [-0.15, -0.1) is 0 Å². The molecule has 1 amide bonds. The molecule has 1 N–H and O–H groups in total. The number of nitrogens with zero attached hydrogens (tertiary/aromatic N) is 4. The molecule has 2 aromatic carbocycles. The van der Waals surface area contributed by atoms with Crippen molar-refractivity contribution in [2.75, 3.05) is 39.4 Å². The van der Waals surface area contributed by atoms with Crippen molar-refractivity contribution in [1.29, 1.82) is 0 Å². The SMILES string of the molecule is Cc1ccc([C@@H]2C(=C(O)c3cnn(-c4ccccc4)c3C)C(=O)C(=O)N2CCN2CCOCC2)cc1. The van der Waals surface area contributed by atoms with Gasteiger partial charge in [0.25, 0.3) is 11.7 Å². The van der Waals surface area contributed by atoms with Crippen LogP contribution in [0.25, 0.3) is 11.4 Å². The lowest BCUT2D eigenvalue weighted by molar-refractivity contribution is -0.140. The van der Waals surface area contributed by atoms with Crippen LogP contribution in [0.5, 0.6) is 0 Å². The molecule has 1 aromatic heterocycles. The Kier molecular flexibility index (Phi) is 6.71. The van der Waals surface area contributed by atoms with Gasteiger partial charge in [0.1, 0.15) is 5.76 Å². The maximum atomic E-state index is 13.4. The average Bonchev–Trinajstić information content (AvgIpc) is 3.41. The van der Waals surface area contributed by atoms with Crippen LogP contribution in [0.3, 0.4) is 0 Å². The Morgan fingerprint density at radius 3 is 2.39 bits per heavy atom. The maximum Gasteiger partial charge on any atom is 0.295 e. The standard InChI is InChI=1S/C28H30N4O4/c1-19-8-10-21(11-9-19)25-24(27(34)28(35)31(25)13-12-30-14-16-36-17-15-30)26(33)23-18-29-32(20(23)2)22-6-4-3-5-7-22/h3-11,18,25,33H,12-17H2,1-2H3/t25-/m1/s1. The molecule has 3 aromatic rings. The van der Waals surface area contributed by atoms with Crippen molar-refractivity contribution >= 4 is 17.4 Å². The molecule has 0 aliphatic carbocycles. The summed E-state index contributed by atoms with van der Waals surface area (Å²) in [5.74, 6) is -1.47. The number of ketones is 1. The van der Waals surface area contributed by atoms with E-state index in [0.717, 1.165) is 29.9 Å². The molecular formula is C28H30N4O4. The van der Waals surface area contributed by atoms with Crippen LogP contribution in [0.1, 0.15) is 28.4 Å². The number of carbonyl (C=O) groups excluding carboxylic acids is 2. The van der Waals surface area contributed by atoms with Crippen LogP contribution in [0.4, 0.5) is 0 Å². The quantitative estimate of drug-likeness (QED) is 0.327. The largest absolute Gasteiger partial charge is 0.507 e. The molecule has 0 radical (unpaired) electrons. The number of rotatable bonds is 6. The lowest BCUT2D eigenvalue weighted by atomic mass is 9.95. The number of morpholine rings is 1. The first kappa shape index (κ1) is 24.0. The zero-order chi connectivity index (χ0) is 25.2. The summed E-state index contributed by atoms with van der Waals surface area (Å²) in [7, 11) is 0. The Hall–Kier alpha value is -3.75. The first-order valence-electron chi connectivity index (χ1n) is 12.2. The van der Waals surface area contributed by atoms with Crippen LogP contribution >= 0.6 is 0 Å². The predicted octanol–water partition coefficient (Wildman–Crippen LogP) is 3.24. The van der Waals surface area contributed by atoms with E-state index < -0.39 is 17.7 Å². The number of aliphatic hydroxyl groups is 1. The van der Waals surface area contributed by atoms with E-state index in [1.165, 1.54) is 0 Å². The molecule has 1 atom stereocenters. The van der Waals surface area contributed by atoms with Gasteiger partial charge in [-0.2, -0.15) is 5.10 Å². The van der Waals surface area contributed by atoms with E-state index in [2.05, 4.69) is 10.00 Å². The molecule has 8 heteroatoms. The molecule has 2 fully saturated rings. The highest BCUT2D eigenvalue weighted by molar-refractivity contribution is 6.46. The molecule has 0 saturated carbocycles. The van der Waals surface area contributed by atoms with Gasteiger partial charge in [-0.25, -0.2) is 4.68 Å². The summed E-state index contributed by atoms with van der Waals surface area (Å²) < 4.78 is 7.14. The van der Waals surface area contributed by atoms with Crippen molar-refractivity contribution in [3.63, 3.8) is 0 Å². The smallest absolute Gasteiger partial charge is 0.295 e. The van der Waals surface area contributed by atoms with Crippen LogP contribution in [-0.2, 0) is 14.3 Å². The number of hydrogen-bond donors (Lipinski definition) is 1. The number of benzene rings is 2. The normalized spacial score (nSPS) is 20.3. The minimum atomic E-state index is -0.675. The number of aliphatic hydroxyl groups excluding tert-OH is 1. The molecule has 0 unspecified atom stereocenters. The van der Waals surface area contributed by atoms with Crippen molar-refractivity contribution in [2.45, 2.75) is 19.9 Å². The summed E-state index contributed by atoms with van der Waals surface area (Å²) in [5.41, 5.74) is 3.92. The third-order valence-electron chi connectivity index (χ3n) is 6.96. The van der Waals surface area contributed by atoms with E-state index in [1.807, 2.05) is 68.4 Å². The lowest BCUT2D eigenvalue weighted by Gasteiger charge is -2.31. The summed E-state index contributed by atoms with van der Waals surface area (Å²) in [5, 5.41) is 15.9. The maximum absolute atomic E-state index is 13.4. The third-order valence-corrected chi connectivity index (χ3v) is 6.96. The lowest BCUT2D eigenvalue weighted by Crippen LogP contribution is -2.42. The van der Waals surface area contributed by atoms with Crippen LogP contribution in [0, 0.1) is 13.8 Å². The van der Waals surface area contributed by atoms with Crippen LogP contribution in [0.15, 0.2) is 66.4 Å². The van der Waals surface area contributed by atoms with E-state index in [1.54, 1.807) is 15.8 Å². The Bertz CT molecular complexity index is 1290. The van der Waals surface area contributed by atoms with Crippen molar-refractivity contribution in [1.82, 2.24) is 19.6 Å². The second-order valence-electron chi connectivity index (χ2n) is 9.25. The van der Waals surface area contributed by atoms with E-state index in [9.17, 15) is 14.7 Å². The number of hydrogen-bond acceptors (Lipinski definition) is 6. The molecule has 2 aliphatic heterocycles. The minimum absolute atomic E-state index is 0.0987. The van der Waals surface area contributed by atoms with Crippen molar-refractivity contribution in [2.24, 2.45) is 0 Å². The number of aromatic nitrogens is 2. The highest BCUT2D eigenvalue weighted by Crippen LogP contribution is 2.40. The molecule has 0 bridgehead atoms. The molecule has 2 aliphatic rings. The topological polar surface area (TPSA) is 87.9 Å². The van der Waals surface area contributed by atoms with Crippen molar-refractivity contribution in [3.05, 3.63) is 88.8 Å². The van der Waals surface area contributed by atoms with Gasteiger partial charge < -0.3 is 14.7 Å². The molecule has 8 nitrogen and oxygen atoms in total. The van der Waals surface area contributed by atoms with E-state index in [4.69, 9.17) is 4.74 Å². The third kappa shape index (κ3) is 4.45. The Morgan fingerprint density at radius 2 is 1.69 bits per heavy atom. The predicted molar refractivity (Wildman–Crippen MR) is 136 cm³/mol. The summed E-state index contributed by atoms with van der Waals surface area (Å²) in [4.78, 5) is 30.4. The fourth-order valence-corrected chi connectivity index (χ4v) is 4.90. The van der Waals surface area contributed by atoms with E-state index in [0.29, 0.717) is 37.6 Å². The van der Waals surface area contributed by atoms with Gasteiger partial charge in [-0.3, -0.25) is 14.5 Å². The number of likely N-dealkylation sites (tertiary alicyclic amines) is 1. The Balaban J connectivity index is 1.55. The van der Waals surface area contributed by atoms with Gasteiger partial charge in [0.2, 0.25) is 0 Å². The van der Waals surface area contributed by atoms with Gasteiger partial charge in [0.05, 0.1) is 48.0 Å². The van der Waals surface area contributed by atoms with E-state index in [-0.39, 0.29) is 11.3 Å². The fraction of sp³-hybridized carbons (Fsp3) is 0.321.